The maximum absolute atomic E-state index is 12.9. The number of piperidine rings is 1. The Kier molecular flexibility index (Phi) is 5.74. The summed E-state index contributed by atoms with van der Waals surface area (Å²) in [5.74, 6) is 0.869. The van der Waals surface area contributed by atoms with Gasteiger partial charge in [0.1, 0.15) is 11.4 Å². The highest BCUT2D eigenvalue weighted by molar-refractivity contribution is 6.02. The lowest BCUT2D eigenvalue weighted by Crippen LogP contribution is -2.52. The second-order valence-electron chi connectivity index (χ2n) is 10.4. The van der Waals surface area contributed by atoms with E-state index in [1.807, 2.05) is 37.0 Å². The van der Waals surface area contributed by atoms with Crippen molar-refractivity contribution in [1.29, 1.82) is 0 Å². The SMILES string of the molecule is Cc1cc(C)c2c(c1)OC1(CCN(C(=O)/C=C/c3ccc(C(C)(C)C)cc3)CC1)CC2=O. The van der Waals surface area contributed by atoms with Crippen molar-refractivity contribution in [2.75, 3.05) is 13.1 Å². The first-order valence-electron chi connectivity index (χ1n) is 11.5. The van der Waals surface area contributed by atoms with E-state index >= 15 is 0 Å². The summed E-state index contributed by atoms with van der Waals surface area (Å²) in [5, 5.41) is 0. The van der Waals surface area contributed by atoms with Crippen molar-refractivity contribution >= 4 is 17.8 Å². The van der Waals surface area contributed by atoms with Gasteiger partial charge in [-0.25, -0.2) is 0 Å². The Labute approximate surface area is 191 Å². The lowest BCUT2D eigenvalue weighted by Gasteiger charge is -2.44. The van der Waals surface area contributed by atoms with E-state index < -0.39 is 5.60 Å². The van der Waals surface area contributed by atoms with Gasteiger partial charge in [-0.05, 0) is 53.7 Å². The number of ether oxygens (including phenoxy) is 1. The Bertz CT molecular complexity index is 1070. The quantitative estimate of drug-likeness (QED) is 0.578. The van der Waals surface area contributed by atoms with Crippen molar-refractivity contribution in [3.8, 4) is 5.75 Å². The number of aryl methyl sites for hydroxylation is 2. The van der Waals surface area contributed by atoms with Crippen LogP contribution in [0.25, 0.3) is 6.08 Å². The van der Waals surface area contributed by atoms with Crippen molar-refractivity contribution in [2.45, 2.75) is 64.9 Å². The summed E-state index contributed by atoms with van der Waals surface area (Å²) in [7, 11) is 0. The zero-order valence-electron chi connectivity index (χ0n) is 19.8. The van der Waals surface area contributed by atoms with Gasteiger partial charge in [0.15, 0.2) is 5.78 Å². The molecule has 2 aromatic rings. The summed E-state index contributed by atoms with van der Waals surface area (Å²) < 4.78 is 6.41. The monoisotopic (exact) mass is 431 g/mol. The molecule has 4 nitrogen and oxygen atoms in total. The van der Waals surface area contributed by atoms with Crippen molar-refractivity contribution in [1.82, 2.24) is 4.90 Å². The lowest BCUT2D eigenvalue weighted by atomic mass is 9.81. The van der Waals surface area contributed by atoms with E-state index in [0.29, 0.717) is 38.1 Å². The molecular weight excluding hydrogens is 398 g/mol. The molecule has 4 rings (SSSR count). The Hall–Kier alpha value is -2.88. The molecular formula is C28H33NO3. The maximum atomic E-state index is 12.9. The zero-order valence-corrected chi connectivity index (χ0v) is 19.8. The molecule has 1 fully saturated rings. The van der Waals surface area contributed by atoms with Crippen molar-refractivity contribution in [2.24, 2.45) is 0 Å². The number of rotatable bonds is 2. The van der Waals surface area contributed by atoms with Crippen molar-refractivity contribution in [3.05, 3.63) is 70.3 Å². The first-order valence-corrected chi connectivity index (χ1v) is 11.5. The second-order valence-corrected chi connectivity index (χ2v) is 10.4. The van der Waals surface area contributed by atoms with Crippen LogP contribution in [0, 0.1) is 13.8 Å². The number of carbonyl (C=O) groups is 2. The fraction of sp³-hybridized carbons (Fsp3) is 0.429. The minimum Gasteiger partial charge on any atom is -0.486 e. The predicted molar refractivity (Wildman–Crippen MR) is 128 cm³/mol. The number of amides is 1. The highest BCUT2D eigenvalue weighted by Gasteiger charge is 2.44. The summed E-state index contributed by atoms with van der Waals surface area (Å²) in [5.41, 5.74) is 4.71. The molecule has 0 aromatic heterocycles. The van der Waals surface area contributed by atoms with E-state index in [0.717, 1.165) is 22.3 Å². The van der Waals surface area contributed by atoms with Gasteiger partial charge < -0.3 is 9.64 Å². The Morgan fingerprint density at radius 1 is 1.06 bits per heavy atom. The summed E-state index contributed by atoms with van der Waals surface area (Å²) in [4.78, 5) is 27.5. The summed E-state index contributed by atoms with van der Waals surface area (Å²) in [6.07, 6.45) is 5.26. The number of ketones is 1. The van der Waals surface area contributed by atoms with Gasteiger partial charge in [-0.2, -0.15) is 0 Å². The maximum Gasteiger partial charge on any atom is 0.246 e. The van der Waals surface area contributed by atoms with E-state index in [9.17, 15) is 9.59 Å². The molecule has 0 bridgehead atoms. The summed E-state index contributed by atoms with van der Waals surface area (Å²) in [6, 6.07) is 12.3. The van der Waals surface area contributed by atoms with E-state index in [2.05, 4.69) is 45.0 Å². The molecule has 32 heavy (non-hydrogen) atoms. The number of Topliss-reactive ketones (excluding diaryl/α,β-unsaturated/α-hetero) is 1. The van der Waals surface area contributed by atoms with Gasteiger partial charge in [0, 0.05) is 32.0 Å². The van der Waals surface area contributed by atoms with Crippen LogP contribution in [0.15, 0.2) is 42.5 Å². The average molecular weight is 432 g/mol. The molecule has 4 heteroatoms. The minimum absolute atomic E-state index is 0.00831. The third-order valence-electron chi connectivity index (χ3n) is 6.71. The summed E-state index contributed by atoms with van der Waals surface area (Å²) in [6.45, 7) is 11.8. The van der Waals surface area contributed by atoms with Crippen LogP contribution in [-0.2, 0) is 10.2 Å². The molecule has 1 spiro atoms. The fourth-order valence-corrected chi connectivity index (χ4v) is 4.80. The van der Waals surface area contributed by atoms with Crippen LogP contribution in [0.4, 0.5) is 0 Å². The largest absolute Gasteiger partial charge is 0.486 e. The molecule has 0 atom stereocenters. The first-order chi connectivity index (χ1) is 15.1. The van der Waals surface area contributed by atoms with Gasteiger partial charge >= 0.3 is 0 Å². The van der Waals surface area contributed by atoms with Gasteiger partial charge in [-0.15, -0.1) is 0 Å². The van der Waals surface area contributed by atoms with Crippen molar-refractivity contribution < 1.29 is 14.3 Å². The number of fused-ring (bicyclic) bond motifs is 1. The topological polar surface area (TPSA) is 46.6 Å². The van der Waals surface area contributed by atoms with Gasteiger partial charge in [-0.1, -0.05) is 51.1 Å². The smallest absolute Gasteiger partial charge is 0.246 e. The van der Waals surface area contributed by atoms with Crippen LogP contribution in [-0.4, -0.2) is 35.3 Å². The fourth-order valence-electron chi connectivity index (χ4n) is 4.80. The highest BCUT2D eigenvalue weighted by Crippen LogP contribution is 2.41. The number of hydrogen-bond acceptors (Lipinski definition) is 3. The molecule has 2 aliphatic rings. The van der Waals surface area contributed by atoms with E-state index in [4.69, 9.17) is 4.74 Å². The van der Waals surface area contributed by atoms with Crippen LogP contribution in [0.2, 0.25) is 0 Å². The van der Waals surface area contributed by atoms with Gasteiger partial charge in [0.2, 0.25) is 5.91 Å². The lowest BCUT2D eigenvalue weighted by molar-refractivity contribution is -0.129. The Morgan fingerprint density at radius 2 is 1.72 bits per heavy atom. The van der Waals surface area contributed by atoms with E-state index in [-0.39, 0.29) is 17.1 Å². The van der Waals surface area contributed by atoms with E-state index in [1.54, 1.807) is 6.08 Å². The predicted octanol–water partition coefficient (Wildman–Crippen LogP) is 5.64. The number of nitrogens with zero attached hydrogens (tertiary/aromatic N) is 1. The Morgan fingerprint density at radius 3 is 2.34 bits per heavy atom. The normalized spacial score (nSPS) is 18.0. The van der Waals surface area contributed by atoms with Crippen LogP contribution in [0.3, 0.4) is 0 Å². The molecule has 2 aliphatic heterocycles. The number of hydrogen-bond donors (Lipinski definition) is 0. The van der Waals surface area contributed by atoms with Crippen LogP contribution < -0.4 is 4.74 Å². The van der Waals surface area contributed by atoms with Gasteiger partial charge in [-0.3, -0.25) is 9.59 Å². The molecule has 0 unspecified atom stereocenters. The summed E-state index contributed by atoms with van der Waals surface area (Å²) >= 11 is 0. The highest BCUT2D eigenvalue weighted by atomic mass is 16.5. The van der Waals surface area contributed by atoms with E-state index in [1.165, 1.54) is 5.56 Å². The zero-order chi connectivity index (χ0) is 23.1. The standard InChI is InChI=1S/C28H33NO3/c1-19-16-20(2)26-23(30)18-28(32-24(26)17-19)12-14-29(15-13-28)25(31)11-8-21-6-9-22(10-7-21)27(3,4)5/h6-11,16-17H,12-15,18H2,1-5H3/b11-8+. The van der Waals surface area contributed by atoms with Gasteiger partial charge in [0.05, 0.1) is 12.0 Å². The molecule has 0 radical (unpaired) electrons. The number of benzene rings is 2. The third-order valence-corrected chi connectivity index (χ3v) is 6.71. The Balaban J connectivity index is 1.40. The first kappa shape index (κ1) is 22.3. The third kappa shape index (κ3) is 4.50. The molecule has 0 N–H and O–H groups in total. The second kappa shape index (κ2) is 8.23. The van der Waals surface area contributed by atoms with Crippen LogP contribution in [0.5, 0.6) is 5.75 Å². The molecule has 168 valence electrons. The molecule has 0 aliphatic carbocycles. The van der Waals surface area contributed by atoms with Gasteiger partial charge in [0.25, 0.3) is 0 Å². The molecule has 2 heterocycles. The number of likely N-dealkylation sites (tertiary alicyclic amines) is 1. The average Bonchev–Trinajstić information content (AvgIpc) is 2.71. The molecule has 1 saturated heterocycles. The molecule has 0 saturated carbocycles. The molecule has 2 aromatic carbocycles. The number of carbonyl (C=O) groups excluding carboxylic acids is 2. The minimum atomic E-state index is -0.492. The van der Waals surface area contributed by atoms with Crippen molar-refractivity contribution in [3.63, 3.8) is 0 Å². The van der Waals surface area contributed by atoms with Crippen LogP contribution in [0.1, 0.15) is 72.6 Å². The molecule has 1 amide bonds. The van der Waals surface area contributed by atoms with Crippen LogP contribution >= 0.6 is 0 Å².